The predicted octanol–water partition coefficient (Wildman–Crippen LogP) is 4.03. The Morgan fingerprint density at radius 1 is 1.11 bits per heavy atom. The van der Waals surface area contributed by atoms with Crippen LogP contribution in [0.1, 0.15) is 37.7 Å². The summed E-state index contributed by atoms with van der Waals surface area (Å²) in [5, 5.41) is 0. The summed E-state index contributed by atoms with van der Waals surface area (Å²) in [5.41, 5.74) is -0.183. The Bertz CT molecular complexity index is 425. The van der Waals surface area contributed by atoms with Crippen molar-refractivity contribution in [1.29, 1.82) is 0 Å². The zero-order valence-electron chi connectivity index (χ0n) is 10.0. The molecule has 18 heavy (non-hydrogen) atoms. The summed E-state index contributed by atoms with van der Waals surface area (Å²) < 4.78 is 39.1. The maximum Gasteiger partial charge on any atom is 0.418 e. The number of halogens is 3. The van der Waals surface area contributed by atoms with Gasteiger partial charge in [-0.25, -0.2) is 0 Å². The van der Waals surface area contributed by atoms with Gasteiger partial charge in [-0.2, -0.15) is 13.2 Å². The number of rotatable bonds is 1. The van der Waals surface area contributed by atoms with Gasteiger partial charge in [0.15, 0.2) is 0 Å². The fourth-order valence-corrected chi connectivity index (χ4v) is 3.38. The van der Waals surface area contributed by atoms with Gasteiger partial charge < -0.3 is 4.90 Å². The van der Waals surface area contributed by atoms with Crippen molar-refractivity contribution in [2.45, 2.75) is 50.4 Å². The van der Waals surface area contributed by atoms with Crippen molar-refractivity contribution in [2.24, 2.45) is 0 Å². The number of nitrogens with zero attached hydrogens (tertiary/aromatic N) is 1. The number of benzene rings is 1. The topological polar surface area (TPSA) is 3.24 Å². The van der Waals surface area contributed by atoms with Gasteiger partial charge in [-0.3, -0.25) is 0 Å². The highest BCUT2D eigenvalue weighted by atomic mass is 19.4. The summed E-state index contributed by atoms with van der Waals surface area (Å²) in [6.07, 6.45) is 0.954. The highest BCUT2D eigenvalue weighted by Gasteiger charge is 2.41. The number of fused-ring (bicyclic) bond motifs is 2. The zero-order valence-corrected chi connectivity index (χ0v) is 10.0. The van der Waals surface area contributed by atoms with Crippen LogP contribution < -0.4 is 4.90 Å². The Kier molecular flexibility index (Phi) is 2.76. The lowest BCUT2D eigenvalue weighted by atomic mass is 10.00. The van der Waals surface area contributed by atoms with E-state index in [0.29, 0.717) is 17.8 Å². The van der Waals surface area contributed by atoms with E-state index in [4.69, 9.17) is 0 Å². The highest BCUT2D eigenvalue weighted by molar-refractivity contribution is 5.57. The largest absolute Gasteiger partial charge is 0.418 e. The Labute approximate surface area is 105 Å². The van der Waals surface area contributed by atoms with E-state index in [0.717, 1.165) is 38.2 Å². The number of hydrogen-bond acceptors (Lipinski definition) is 1. The Morgan fingerprint density at radius 2 is 1.78 bits per heavy atom. The molecule has 2 unspecified atom stereocenters. The van der Waals surface area contributed by atoms with Crippen molar-refractivity contribution in [1.82, 2.24) is 0 Å². The summed E-state index contributed by atoms with van der Waals surface area (Å²) in [6.45, 7) is 0. The molecule has 2 aliphatic rings. The van der Waals surface area contributed by atoms with Gasteiger partial charge in [0.05, 0.1) is 5.56 Å². The lowest BCUT2D eigenvalue weighted by Crippen LogP contribution is -2.40. The molecule has 4 heteroatoms. The van der Waals surface area contributed by atoms with Crippen LogP contribution in [0.2, 0.25) is 0 Å². The van der Waals surface area contributed by atoms with E-state index in [1.807, 2.05) is 4.90 Å². The van der Waals surface area contributed by atoms with Crippen LogP contribution in [-0.2, 0) is 6.18 Å². The number of alkyl halides is 3. The number of piperidine rings is 1. The van der Waals surface area contributed by atoms with Crippen molar-refractivity contribution in [3.63, 3.8) is 0 Å². The molecule has 2 aliphatic heterocycles. The molecule has 0 spiro atoms. The molecule has 0 N–H and O–H groups in total. The Balaban J connectivity index is 2.02. The molecule has 2 bridgehead atoms. The van der Waals surface area contributed by atoms with Crippen LogP contribution in [0, 0.1) is 6.07 Å². The molecule has 0 aromatic heterocycles. The van der Waals surface area contributed by atoms with E-state index in [1.165, 1.54) is 0 Å². The second kappa shape index (κ2) is 4.18. The molecular formula is C14H15F3N. The normalized spacial score (nSPS) is 27.6. The third kappa shape index (κ3) is 1.88. The highest BCUT2D eigenvalue weighted by Crippen LogP contribution is 2.44. The van der Waals surface area contributed by atoms with Crippen LogP contribution >= 0.6 is 0 Å². The van der Waals surface area contributed by atoms with Crippen molar-refractivity contribution in [3.05, 3.63) is 29.8 Å². The van der Waals surface area contributed by atoms with Crippen molar-refractivity contribution in [3.8, 4) is 0 Å². The smallest absolute Gasteiger partial charge is 0.365 e. The van der Waals surface area contributed by atoms with Gasteiger partial charge >= 0.3 is 6.18 Å². The minimum Gasteiger partial charge on any atom is -0.365 e. The van der Waals surface area contributed by atoms with Crippen LogP contribution in [0.15, 0.2) is 18.2 Å². The van der Waals surface area contributed by atoms with Crippen LogP contribution in [0.4, 0.5) is 18.9 Å². The Hall–Kier alpha value is -1.19. The van der Waals surface area contributed by atoms with Crippen LogP contribution in [0.3, 0.4) is 0 Å². The monoisotopic (exact) mass is 254 g/mol. The quantitative estimate of drug-likeness (QED) is 0.731. The van der Waals surface area contributed by atoms with Gasteiger partial charge in [0.25, 0.3) is 0 Å². The first-order valence-electron chi connectivity index (χ1n) is 6.43. The van der Waals surface area contributed by atoms with Gasteiger partial charge in [-0.15, -0.1) is 0 Å². The average Bonchev–Trinajstić information content (AvgIpc) is 2.58. The zero-order chi connectivity index (χ0) is 12.8. The molecule has 2 fully saturated rings. The van der Waals surface area contributed by atoms with Gasteiger partial charge in [0.1, 0.15) is 0 Å². The molecule has 1 aromatic carbocycles. The first-order chi connectivity index (χ1) is 8.57. The molecule has 2 heterocycles. The molecule has 2 atom stereocenters. The Morgan fingerprint density at radius 3 is 2.39 bits per heavy atom. The molecule has 1 radical (unpaired) electrons. The molecule has 0 saturated carbocycles. The third-order valence-corrected chi connectivity index (χ3v) is 4.12. The van der Waals surface area contributed by atoms with E-state index in [1.54, 1.807) is 12.1 Å². The van der Waals surface area contributed by atoms with Crippen molar-refractivity contribution < 1.29 is 13.2 Å². The number of anilines is 1. The van der Waals surface area contributed by atoms with E-state index in [2.05, 4.69) is 6.07 Å². The van der Waals surface area contributed by atoms with Gasteiger partial charge in [-0.05, 0) is 50.3 Å². The van der Waals surface area contributed by atoms with E-state index in [-0.39, 0.29) is 0 Å². The summed E-state index contributed by atoms with van der Waals surface area (Å²) in [7, 11) is 0. The van der Waals surface area contributed by atoms with Crippen molar-refractivity contribution in [2.75, 3.05) is 4.90 Å². The summed E-state index contributed by atoms with van der Waals surface area (Å²) in [6, 6.07) is 7.37. The van der Waals surface area contributed by atoms with Crippen LogP contribution in [0.5, 0.6) is 0 Å². The molecule has 1 nitrogen and oxygen atoms in total. The predicted molar refractivity (Wildman–Crippen MR) is 63.4 cm³/mol. The van der Waals surface area contributed by atoms with E-state index >= 15 is 0 Å². The molecule has 3 rings (SSSR count). The summed E-state index contributed by atoms with van der Waals surface area (Å²) >= 11 is 0. The van der Waals surface area contributed by atoms with E-state index < -0.39 is 11.7 Å². The average molecular weight is 254 g/mol. The second-order valence-electron chi connectivity index (χ2n) is 5.16. The SMILES string of the molecule is FC(F)(F)c1c[c]ccc1N1C2CCCC1CC2. The third-order valence-electron chi connectivity index (χ3n) is 4.12. The molecule has 1 aromatic rings. The molecule has 0 aliphatic carbocycles. The summed E-state index contributed by atoms with van der Waals surface area (Å²) in [5.74, 6) is 0. The van der Waals surface area contributed by atoms with Gasteiger partial charge in [0.2, 0.25) is 0 Å². The fourth-order valence-electron chi connectivity index (χ4n) is 3.38. The molecule has 0 amide bonds. The maximum absolute atomic E-state index is 13.0. The van der Waals surface area contributed by atoms with Crippen LogP contribution in [0.25, 0.3) is 0 Å². The van der Waals surface area contributed by atoms with Crippen molar-refractivity contribution >= 4 is 5.69 Å². The lowest BCUT2D eigenvalue weighted by Gasteiger charge is -2.38. The first-order valence-corrected chi connectivity index (χ1v) is 6.43. The second-order valence-corrected chi connectivity index (χ2v) is 5.16. The standard InChI is InChI=1S/C14H15F3N/c15-14(16,17)12-6-1-2-7-13(12)18-10-4-3-5-11(18)9-8-10/h2,6-7,10-11H,3-5,8-9H2. The molecule has 2 saturated heterocycles. The first kappa shape index (κ1) is 11.9. The summed E-state index contributed by atoms with van der Waals surface area (Å²) in [4.78, 5) is 2.01. The van der Waals surface area contributed by atoms with Crippen LogP contribution in [-0.4, -0.2) is 12.1 Å². The van der Waals surface area contributed by atoms with Gasteiger partial charge in [0, 0.05) is 17.8 Å². The molecule has 97 valence electrons. The molecular weight excluding hydrogens is 239 g/mol. The van der Waals surface area contributed by atoms with E-state index in [9.17, 15) is 13.2 Å². The van der Waals surface area contributed by atoms with Gasteiger partial charge in [-0.1, -0.05) is 6.07 Å². The minimum atomic E-state index is -4.29. The minimum absolute atomic E-state index is 0.298. The number of hydrogen-bond donors (Lipinski definition) is 0. The fraction of sp³-hybridized carbons (Fsp3) is 0.571. The lowest BCUT2D eigenvalue weighted by molar-refractivity contribution is -0.137. The maximum atomic E-state index is 13.0.